The Labute approximate surface area is 103 Å². The van der Waals surface area contributed by atoms with Crippen molar-refractivity contribution in [2.75, 3.05) is 5.32 Å². The third kappa shape index (κ3) is 4.18. The summed E-state index contributed by atoms with van der Waals surface area (Å²) in [6.07, 6.45) is -3.93. The van der Waals surface area contributed by atoms with E-state index in [9.17, 15) is 17.6 Å². The second-order valence-electron chi connectivity index (χ2n) is 4.45. The van der Waals surface area contributed by atoms with Crippen molar-refractivity contribution < 1.29 is 17.6 Å². The summed E-state index contributed by atoms with van der Waals surface area (Å²) in [6.45, 7) is 3.60. The zero-order valence-electron chi connectivity index (χ0n) is 10.2. The van der Waals surface area contributed by atoms with Crippen LogP contribution in [0.5, 0.6) is 0 Å². The van der Waals surface area contributed by atoms with Crippen molar-refractivity contribution in [3.05, 3.63) is 29.6 Å². The Balaban J connectivity index is 2.80. The Hall–Kier alpha value is -1.30. The highest BCUT2D eigenvalue weighted by Crippen LogP contribution is 2.31. The summed E-state index contributed by atoms with van der Waals surface area (Å²) in [4.78, 5) is 0. The molecule has 6 heteroatoms. The fourth-order valence-corrected chi connectivity index (χ4v) is 1.69. The topological polar surface area (TPSA) is 38.0 Å². The molecule has 3 N–H and O–H groups in total. The Kier molecular flexibility index (Phi) is 4.56. The van der Waals surface area contributed by atoms with Crippen molar-refractivity contribution in [1.29, 1.82) is 0 Å². The Morgan fingerprint density at radius 3 is 2.33 bits per heavy atom. The molecule has 0 bridgehead atoms. The van der Waals surface area contributed by atoms with Crippen molar-refractivity contribution in [2.45, 2.75) is 38.5 Å². The molecule has 102 valence electrons. The molecule has 1 aromatic rings. The van der Waals surface area contributed by atoms with Crippen LogP contribution in [-0.4, -0.2) is 12.1 Å². The van der Waals surface area contributed by atoms with Crippen LogP contribution in [0.4, 0.5) is 23.2 Å². The van der Waals surface area contributed by atoms with Gasteiger partial charge in [0.25, 0.3) is 0 Å². The van der Waals surface area contributed by atoms with Gasteiger partial charge in [-0.25, -0.2) is 4.39 Å². The lowest BCUT2D eigenvalue weighted by atomic mass is 10.1. The van der Waals surface area contributed by atoms with Crippen molar-refractivity contribution in [3.8, 4) is 0 Å². The molecule has 18 heavy (non-hydrogen) atoms. The molecule has 2 unspecified atom stereocenters. The minimum absolute atomic E-state index is 0.0520. The molecule has 0 saturated heterocycles. The number of benzene rings is 1. The highest BCUT2D eigenvalue weighted by atomic mass is 19.4. The van der Waals surface area contributed by atoms with E-state index in [2.05, 4.69) is 5.32 Å². The van der Waals surface area contributed by atoms with Crippen LogP contribution >= 0.6 is 0 Å². The standard InChI is InChI=1S/C12H16F4N2/c1-7(17)5-8(2)18-11-4-3-9(6-10(11)13)12(14,15)16/h3-4,6-8,18H,5,17H2,1-2H3. The SMILES string of the molecule is CC(N)CC(C)Nc1ccc(C(F)(F)F)cc1F. The fraction of sp³-hybridized carbons (Fsp3) is 0.500. The average Bonchev–Trinajstić information content (AvgIpc) is 2.18. The zero-order chi connectivity index (χ0) is 13.9. The van der Waals surface area contributed by atoms with Crippen LogP contribution in [0.3, 0.4) is 0 Å². The van der Waals surface area contributed by atoms with Crippen molar-refractivity contribution in [2.24, 2.45) is 5.73 Å². The van der Waals surface area contributed by atoms with Crippen molar-refractivity contribution in [1.82, 2.24) is 0 Å². The van der Waals surface area contributed by atoms with Crippen LogP contribution in [0.2, 0.25) is 0 Å². The summed E-state index contributed by atoms with van der Waals surface area (Å²) in [5.74, 6) is -0.915. The van der Waals surface area contributed by atoms with Crippen LogP contribution in [0.1, 0.15) is 25.8 Å². The van der Waals surface area contributed by atoms with Crippen molar-refractivity contribution >= 4 is 5.69 Å². The minimum atomic E-state index is -4.53. The summed E-state index contributed by atoms with van der Waals surface area (Å²) in [6, 6.07) is 2.25. The van der Waals surface area contributed by atoms with Gasteiger partial charge in [0, 0.05) is 12.1 Å². The van der Waals surface area contributed by atoms with Gasteiger partial charge in [-0.15, -0.1) is 0 Å². The first-order valence-corrected chi connectivity index (χ1v) is 5.59. The summed E-state index contributed by atoms with van der Waals surface area (Å²) >= 11 is 0. The van der Waals surface area contributed by atoms with E-state index >= 15 is 0 Å². The van der Waals surface area contributed by atoms with Gasteiger partial charge in [-0.1, -0.05) is 0 Å². The molecule has 0 heterocycles. The van der Waals surface area contributed by atoms with E-state index in [1.54, 1.807) is 13.8 Å². The highest BCUT2D eigenvalue weighted by molar-refractivity contribution is 5.47. The van der Waals surface area contributed by atoms with Gasteiger partial charge in [0.15, 0.2) is 0 Å². The van der Waals surface area contributed by atoms with E-state index < -0.39 is 17.6 Å². The maximum absolute atomic E-state index is 13.5. The molecule has 0 amide bonds. The summed E-state index contributed by atoms with van der Waals surface area (Å²) in [5.41, 5.74) is 4.64. The Morgan fingerprint density at radius 2 is 1.89 bits per heavy atom. The molecule has 0 fully saturated rings. The predicted octanol–water partition coefficient (Wildman–Crippen LogP) is 3.38. The van der Waals surface area contributed by atoms with Gasteiger partial charge in [-0.2, -0.15) is 13.2 Å². The summed E-state index contributed by atoms with van der Waals surface area (Å²) < 4.78 is 50.5. The van der Waals surface area contributed by atoms with Crippen LogP contribution in [-0.2, 0) is 6.18 Å². The smallest absolute Gasteiger partial charge is 0.380 e. The molecule has 1 aromatic carbocycles. The lowest BCUT2D eigenvalue weighted by Gasteiger charge is -2.18. The number of halogens is 4. The van der Waals surface area contributed by atoms with E-state index in [0.717, 1.165) is 12.1 Å². The number of rotatable bonds is 4. The third-order valence-electron chi connectivity index (χ3n) is 2.42. The number of nitrogens with two attached hydrogens (primary N) is 1. The van der Waals surface area contributed by atoms with Gasteiger partial charge >= 0.3 is 6.18 Å². The van der Waals surface area contributed by atoms with Gasteiger partial charge in [0.1, 0.15) is 5.82 Å². The third-order valence-corrected chi connectivity index (χ3v) is 2.42. The second-order valence-corrected chi connectivity index (χ2v) is 4.45. The minimum Gasteiger partial charge on any atom is -0.380 e. The van der Waals surface area contributed by atoms with Gasteiger partial charge in [-0.3, -0.25) is 0 Å². The largest absolute Gasteiger partial charge is 0.416 e. The molecular weight excluding hydrogens is 248 g/mol. The molecular formula is C12H16F4N2. The van der Waals surface area contributed by atoms with E-state index in [4.69, 9.17) is 5.73 Å². The lowest BCUT2D eigenvalue weighted by Crippen LogP contribution is -2.26. The van der Waals surface area contributed by atoms with Crippen molar-refractivity contribution in [3.63, 3.8) is 0 Å². The van der Waals surface area contributed by atoms with Crippen LogP contribution < -0.4 is 11.1 Å². The molecule has 0 saturated carbocycles. The van der Waals surface area contributed by atoms with E-state index in [1.165, 1.54) is 0 Å². The Bertz CT molecular complexity index is 402. The number of anilines is 1. The molecule has 0 spiro atoms. The normalized spacial score (nSPS) is 15.3. The maximum atomic E-state index is 13.5. The van der Waals surface area contributed by atoms with Gasteiger partial charge < -0.3 is 11.1 Å². The first kappa shape index (κ1) is 14.8. The Morgan fingerprint density at radius 1 is 1.28 bits per heavy atom. The predicted molar refractivity (Wildman–Crippen MR) is 62.8 cm³/mol. The number of alkyl halides is 3. The zero-order valence-corrected chi connectivity index (χ0v) is 10.2. The monoisotopic (exact) mass is 264 g/mol. The molecule has 0 aliphatic rings. The van der Waals surface area contributed by atoms with Gasteiger partial charge in [0.05, 0.1) is 11.3 Å². The molecule has 2 atom stereocenters. The van der Waals surface area contributed by atoms with Gasteiger partial charge in [-0.05, 0) is 38.5 Å². The average molecular weight is 264 g/mol. The van der Waals surface area contributed by atoms with E-state index in [-0.39, 0.29) is 17.8 Å². The molecule has 2 nitrogen and oxygen atoms in total. The quantitative estimate of drug-likeness (QED) is 0.818. The number of nitrogens with one attached hydrogen (secondary N) is 1. The molecule has 0 aliphatic heterocycles. The maximum Gasteiger partial charge on any atom is 0.416 e. The summed E-state index contributed by atoms with van der Waals surface area (Å²) in [5, 5.41) is 2.80. The number of hydrogen-bond acceptors (Lipinski definition) is 2. The molecule has 0 radical (unpaired) electrons. The fourth-order valence-electron chi connectivity index (χ4n) is 1.69. The summed E-state index contributed by atoms with van der Waals surface area (Å²) in [7, 11) is 0. The van der Waals surface area contributed by atoms with Crippen LogP contribution in [0.15, 0.2) is 18.2 Å². The second kappa shape index (κ2) is 5.56. The molecule has 1 rings (SSSR count). The highest BCUT2D eigenvalue weighted by Gasteiger charge is 2.31. The first-order valence-electron chi connectivity index (χ1n) is 5.59. The van der Waals surface area contributed by atoms with Crippen LogP contribution in [0.25, 0.3) is 0 Å². The number of hydrogen-bond donors (Lipinski definition) is 2. The van der Waals surface area contributed by atoms with E-state index in [1.807, 2.05) is 0 Å². The first-order chi connectivity index (χ1) is 8.20. The van der Waals surface area contributed by atoms with E-state index in [0.29, 0.717) is 12.5 Å². The molecule has 0 aromatic heterocycles. The van der Waals surface area contributed by atoms with Gasteiger partial charge in [0.2, 0.25) is 0 Å². The molecule has 0 aliphatic carbocycles. The lowest BCUT2D eigenvalue weighted by molar-refractivity contribution is -0.137. The van der Waals surface area contributed by atoms with Crippen LogP contribution in [0, 0.1) is 5.82 Å².